The van der Waals surface area contributed by atoms with Crippen LogP contribution in [0.1, 0.15) is 35.1 Å². The van der Waals surface area contributed by atoms with Gasteiger partial charge in [-0.3, -0.25) is 19.2 Å². The van der Waals surface area contributed by atoms with Gasteiger partial charge in [-0.2, -0.15) is 0 Å². The van der Waals surface area contributed by atoms with Gasteiger partial charge in [0, 0.05) is 25.8 Å². The van der Waals surface area contributed by atoms with Crippen LogP contribution in [0.25, 0.3) is 0 Å². The molecule has 0 bridgehead atoms. The molecule has 8 heteroatoms. The van der Waals surface area contributed by atoms with Gasteiger partial charge in [-0.15, -0.1) is 0 Å². The molecule has 2 heterocycles. The smallest absolute Gasteiger partial charge is 0.246 e. The van der Waals surface area contributed by atoms with Crippen molar-refractivity contribution in [2.24, 2.45) is 0 Å². The van der Waals surface area contributed by atoms with Crippen LogP contribution < -0.4 is 16.0 Å². The Morgan fingerprint density at radius 1 is 0.634 bits per heavy atom. The third-order valence-corrected chi connectivity index (χ3v) is 7.81. The van der Waals surface area contributed by atoms with Crippen LogP contribution in [0.15, 0.2) is 84.9 Å². The summed E-state index contributed by atoms with van der Waals surface area (Å²) < 4.78 is 0. The standard InChI is InChI=1S/C33H36N4O4/c1-22-10-8-15-25(18-22)21-27-31(39)36-28(20-24-13-6-3-7-14-24)33(41)37-17-9-16-29(37)32(40)35-26(30(38)34-27)19-23-11-4-2-5-12-23/h2-8,10-15,18,26-29H,9,16-17,19-21H2,1H3,(H,34,38)(H,35,40)(H,36,39)/t26-,27+,28-,29+/m0/s1. The van der Waals surface area contributed by atoms with Crippen LogP contribution in [0.5, 0.6) is 0 Å². The van der Waals surface area contributed by atoms with Gasteiger partial charge in [0.15, 0.2) is 0 Å². The highest BCUT2D eigenvalue weighted by molar-refractivity contribution is 5.98. The topological polar surface area (TPSA) is 108 Å². The fourth-order valence-electron chi connectivity index (χ4n) is 5.71. The van der Waals surface area contributed by atoms with Crippen LogP contribution in [0.2, 0.25) is 0 Å². The van der Waals surface area contributed by atoms with Gasteiger partial charge in [-0.25, -0.2) is 0 Å². The zero-order valence-corrected chi connectivity index (χ0v) is 23.2. The maximum Gasteiger partial charge on any atom is 0.246 e. The van der Waals surface area contributed by atoms with Crippen molar-refractivity contribution in [3.05, 3.63) is 107 Å². The van der Waals surface area contributed by atoms with Crippen molar-refractivity contribution >= 4 is 23.6 Å². The molecule has 212 valence electrons. The molecule has 3 aromatic rings. The Balaban J connectivity index is 1.49. The van der Waals surface area contributed by atoms with Gasteiger partial charge in [-0.05, 0) is 36.5 Å². The van der Waals surface area contributed by atoms with E-state index >= 15 is 0 Å². The summed E-state index contributed by atoms with van der Waals surface area (Å²) in [5.74, 6) is -1.52. The molecule has 0 unspecified atom stereocenters. The quantitative estimate of drug-likeness (QED) is 0.437. The van der Waals surface area contributed by atoms with Gasteiger partial charge in [0.1, 0.15) is 24.2 Å². The number of carbonyl (C=O) groups excluding carboxylic acids is 4. The Kier molecular flexibility index (Phi) is 8.77. The molecule has 2 fully saturated rings. The van der Waals surface area contributed by atoms with Gasteiger partial charge < -0.3 is 20.9 Å². The third-order valence-electron chi connectivity index (χ3n) is 7.81. The van der Waals surface area contributed by atoms with E-state index in [9.17, 15) is 19.2 Å². The largest absolute Gasteiger partial charge is 0.342 e. The predicted octanol–water partition coefficient (Wildman–Crippen LogP) is 2.48. The van der Waals surface area contributed by atoms with Gasteiger partial charge in [0.05, 0.1) is 0 Å². The first-order chi connectivity index (χ1) is 19.9. The van der Waals surface area contributed by atoms with Crippen LogP contribution >= 0.6 is 0 Å². The summed E-state index contributed by atoms with van der Waals surface area (Å²) in [5.41, 5.74) is 3.68. The normalized spacial score (nSPS) is 23.5. The van der Waals surface area contributed by atoms with E-state index in [0.29, 0.717) is 19.4 Å². The molecule has 0 aliphatic carbocycles. The van der Waals surface area contributed by atoms with E-state index in [0.717, 1.165) is 22.3 Å². The molecule has 8 nitrogen and oxygen atoms in total. The van der Waals surface area contributed by atoms with Crippen molar-refractivity contribution < 1.29 is 19.2 Å². The minimum Gasteiger partial charge on any atom is -0.342 e. The number of carbonyl (C=O) groups is 4. The minimum absolute atomic E-state index is 0.240. The molecule has 2 aliphatic heterocycles. The Labute approximate surface area is 240 Å². The zero-order chi connectivity index (χ0) is 28.8. The molecular weight excluding hydrogens is 516 g/mol. The fraction of sp³-hybridized carbons (Fsp3) is 0.333. The molecule has 3 aromatic carbocycles. The summed E-state index contributed by atoms with van der Waals surface area (Å²) in [5, 5.41) is 8.79. The van der Waals surface area contributed by atoms with Crippen LogP contribution in [0.4, 0.5) is 0 Å². The highest BCUT2D eigenvalue weighted by Gasteiger charge is 2.40. The molecule has 41 heavy (non-hydrogen) atoms. The number of hydrogen-bond acceptors (Lipinski definition) is 4. The van der Waals surface area contributed by atoms with Crippen molar-refractivity contribution in [1.29, 1.82) is 0 Å². The van der Waals surface area contributed by atoms with Crippen molar-refractivity contribution in [3.63, 3.8) is 0 Å². The van der Waals surface area contributed by atoms with Crippen molar-refractivity contribution in [1.82, 2.24) is 20.9 Å². The summed E-state index contributed by atoms with van der Waals surface area (Å²) in [7, 11) is 0. The summed E-state index contributed by atoms with van der Waals surface area (Å²) in [6.07, 6.45) is 1.94. The Morgan fingerprint density at radius 3 is 1.76 bits per heavy atom. The number of hydrogen-bond donors (Lipinski definition) is 3. The van der Waals surface area contributed by atoms with Gasteiger partial charge in [0.2, 0.25) is 23.6 Å². The average Bonchev–Trinajstić information content (AvgIpc) is 3.47. The Morgan fingerprint density at radius 2 is 1.15 bits per heavy atom. The zero-order valence-electron chi connectivity index (χ0n) is 23.2. The lowest BCUT2D eigenvalue weighted by Crippen LogP contribution is -2.62. The Bertz CT molecular complexity index is 1390. The molecule has 0 saturated carbocycles. The van der Waals surface area contributed by atoms with E-state index in [-0.39, 0.29) is 31.1 Å². The molecule has 5 rings (SSSR count). The first kappa shape index (κ1) is 28.1. The molecule has 3 N–H and O–H groups in total. The SMILES string of the molecule is Cc1cccc(C[C@H]2NC(=O)[C@H](Cc3ccccc3)NC(=O)[C@H]3CCCN3C(=O)[C@H](Cc3ccccc3)NC2=O)c1. The molecular formula is C33H36N4O4. The van der Waals surface area contributed by atoms with E-state index in [2.05, 4.69) is 16.0 Å². The lowest BCUT2D eigenvalue weighted by atomic mass is 9.99. The number of nitrogens with zero attached hydrogens (tertiary/aromatic N) is 1. The third kappa shape index (κ3) is 7.01. The predicted molar refractivity (Wildman–Crippen MR) is 156 cm³/mol. The summed E-state index contributed by atoms with van der Waals surface area (Å²) >= 11 is 0. The molecule has 0 radical (unpaired) electrons. The van der Waals surface area contributed by atoms with Gasteiger partial charge in [0.25, 0.3) is 0 Å². The molecule has 4 amide bonds. The van der Waals surface area contributed by atoms with E-state index in [1.54, 1.807) is 4.90 Å². The van der Waals surface area contributed by atoms with E-state index < -0.39 is 36.0 Å². The van der Waals surface area contributed by atoms with Crippen LogP contribution in [-0.2, 0) is 38.4 Å². The van der Waals surface area contributed by atoms with Crippen molar-refractivity contribution in [3.8, 4) is 0 Å². The highest BCUT2D eigenvalue weighted by atomic mass is 16.2. The lowest BCUT2D eigenvalue weighted by molar-refractivity contribution is -0.143. The fourth-order valence-corrected chi connectivity index (χ4v) is 5.71. The second-order valence-corrected chi connectivity index (χ2v) is 10.9. The van der Waals surface area contributed by atoms with E-state index in [1.807, 2.05) is 91.9 Å². The maximum atomic E-state index is 13.9. The van der Waals surface area contributed by atoms with Gasteiger partial charge in [-0.1, -0.05) is 90.5 Å². The summed E-state index contributed by atoms with van der Waals surface area (Å²) in [6.45, 7) is 2.38. The number of nitrogens with one attached hydrogen (secondary N) is 3. The summed E-state index contributed by atoms with van der Waals surface area (Å²) in [4.78, 5) is 56.7. The number of benzene rings is 3. The molecule has 0 aromatic heterocycles. The monoisotopic (exact) mass is 552 g/mol. The van der Waals surface area contributed by atoms with Crippen LogP contribution in [0, 0.1) is 6.92 Å². The van der Waals surface area contributed by atoms with Gasteiger partial charge >= 0.3 is 0 Å². The second-order valence-electron chi connectivity index (χ2n) is 10.9. The number of aryl methyl sites for hydroxylation is 1. The van der Waals surface area contributed by atoms with Crippen LogP contribution in [0.3, 0.4) is 0 Å². The average molecular weight is 553 g/mol. The molecule has 0 spiro atoms. The second kappa shape index (κ2) is 12.8. The maximum absolute atomic E-state index is 13.9. The number of amides is 4. The Hall–Kier alpha value is -4.46. The first-order valence-electron chi connectivity index (χ1n) is 14.2. The lowest BCUT2D eigenvalue weighted by Gasteiger charge is -2.32. The number of fused-ring (bicyclic) bond motifs is 1. The number of rotatable bonds is 6. The van der Waals surface area contributed by atoms with Crippen molar-refractivity contribution in [2.75, 3.05) is 6.54 Å². The van der Waals surface area contributed by atoms with E-state index in [1.165, 1.54) is 0 Å². The molecule has 2 aliphatic rings. The van der Waals surface area contributed by atoms with Crippen LogP contribution in [-0.4, -0.2) is 59.2 Å². The minimum atomic E-state index is -0.945. The first-order valence-corrected chi connectivity index (χ1v) is 14.2. The van der Waals surface area contributed by atoms with Crippen molar-refractivity contribution in [2.45, 2.75) is 63.2 Å². The highest BCUT2D eigenvalue weighted by Crippen LogP contribution is 2.21. The summed E-state index contributed by atoms with van der Waals surface area (Å²) in [6, 6.07) is 23.2. The van der Waals surface area contributed by atoms with E-state index in [4.69, 9.17) is 0 Å². The molecule has 4 atom stereocenters. The molecule has 2 saturated heterocycles.